The monoisotopic (exact) mass is 399 g/mol. The van der Waals surface area contributed by atoms with E-state index in [2.05, 4.69) is 5.32 Å². The number of benzene rings is 2. The first-order valence-electron chi connectivity index (χ1n) is 8.85. The molecule has 0 fully saturated rings. The molecule has 1 N–H and O–H groups in total. The van der Waals surface area contributed by atoms with Crippen LogP contribution in [-0.4, -0.2) is 44.6 Å². The van der Waals surface area contributed by atoms with E-state index in [0.717, 1.165) is 16.9 Å². The Morgan fingerprint density at radius 1 is 1.25 bits per heavy atom. The lowest BCUT2D eigenvalue weighted by Crippen LogP contribution is -2.40. The van der Waals surface area contributed by atoms with E-state index in [1.165, 1.54) is 10.4 Å². The van der Waals surface area contributed by atoms with Gasteiger partial charge in [0, 0.05) is 25.2 Å². The number of hydrogen-bond donors (Lipinski definition) is 1. The molecule has 8 heteroatoms. The second kappa shape index (κ2) is 8.42. The van der Waals surface area contributed by atoms with Crippen molar-refractivity contribution in [3.63, 3.8) is 0 Å². The Balaban J connectivity index is 1.58. The van der Waals surface area contributed by atoms with Crippen LogP contribution in [0, 0.1) is 11.3 Å². The molecule has 1 aliphatic heterocycles. The first-order chi connectivity index (χ1) is 13.4. The van der Waals surface area contributed by atoms with E-state index in [1.807, 2.05) is 24.3 Å². The third kappa shape index (κ3) is 4.50. The molecule has 7 nitrogen and oxygen atoms in total. The van der Waals surface area contributed by atoms with Crippen molar-refractivity contribution in [1.29, 1.82) is 5.26 Å². The van der Waals surface area contributed by atoms with Gasteiger partial charge < -0.3 is 10.1 Å². The summed E-state index contributed by atoms with van der Waals surface area (Å²) in [6, 6.07) is 13.9. The number of carbonyl (C=O) groups excluding carboxylic acids is 1. The van der Waals surface area contributed by atoms with E-state index in [4.69, 9.17) is 10.00 Å². The van der Waals surface area contributed by atoms with E-state index >= 15 is 0 Å². The van der Waals surface area contributed by atoms with E-state index in [1.54, 1.807) is 25.3 Å². The van der Waals surface area contributed by atoms with Crippen LogP contribution >= 0.6 is 0 Å². The SMILES string of the molecule is COc1ccc2c(c1)CCN(S(=O)(=O)CCNC(=O)c1cccc(C#N)c1)C2. The van der Waals surface area contributed by atoms with Gasteiger partial charge in [-0.2, -0.15) is 9.57 Å². The topological polar surface area (TPSA) is 99.5 Å². The van der Waals surface area contributed by atoms with Gasteiger partial charge in [0.25, 0.3) is 5.91 Å². The first kappa shape index (κ1) is 19.9. The third-order valence-electron chi connectivity index (χ3n) is 4.68. The van der Waals surface area contributed by atoms with Crippen molar-refractivity contribution in [1.82, 2.24) is 9.62 Å². The lowest BCUT2D eigenvalue weighted by atomic mass is 10.0. The van der Waals surface area contributed by atoms with E-state index < -0.39 is 15.9 Å². The van der Waals surface area contributed by atoms with Crippen molar-refractivity contribution in [2.45, 2.75) is 13.0 Å². The fourth-order valence-corrected chi connectivity index (χ4v) is 4.45. The molecule has 146 valence electrons. The molecule has 2 aromatic rings. The fourth-order valence-electron chi connectivity index (χ4n) is 3.12. The van der Waals surface area contributed by atoms with E-state index in [-0.39, 0.29) is 12.3 Å². The highest BCUT2D eigenvalue weighted by Crippen LogP contribution is 2.25. The molecule has 0 aliphatic carbocycles. The predicted molar refractivity (Wildman–Crippen MR) is 104 cm³/mol. The van der Waals surface area contributed by atoms with Crippen molar-refractivity contribution in [3.8, 4) is 11.8 Å². The second-order valence-electron chi connectivity index (χ2n) is 6.48. The molecule has 0 saturated carbocycles. The summed E-state index contributed by atoms with van der Waals surface area (Å²) >= 11 is 0. The minimum absolute atomic E-state index is 0.00389. The highest BCUT2D eigenvalue weighted by atomic mass is 32.2. The Labute approximate surface area is 164 Å². The molecular weight excluding hydrogens is 378 g/mol. The number of carbonyl (C=O) groups is 1. The maximum absolute atomic E-state index is 12.6. The van der Waals surface area contributed by atoms with Crippen molar-refractivity contribution in [2.24, 2.45) is 0 Å². The van der Waals surface area contributed by atoms with Gasteiger partial charge in [-0.05, 0) is 47.9 Å². The number of hydrogen-bond acceptors (Lipinski definition) is 5. The highest BCUT2D eigenvalue weighted by molar-refractivity contribution is 7.89. The van der Waals surface area contributed by atoms with Crippen LogP contribution in [0.25, 0.3) is 0 Å². The van der Waals surface area contributed by atoms with E-state index in [0.29, 0.717) is 30.6 Å². The molecule has 2 aromatic carbocycles. The van der Waals surface area contributed by atoms with Gasteiger partial charge in [-0.25, -0.2) is 8.42 Å². The largest absolute Gasteiger partial charge is 0.497 e. The van der Waals surface area contributed by atoms with Crippen LogP contribution in [0.5, 0.6) is 5.75 Å². The minimum atomic E-state index is -3.50. The van der Waals surface area contributed by atoms with Crippen LogP contribution in [0.15, 0.2) is 42.5 Å². The van der Waals surface area contributed by atoms with Crippen LogP contribution in [-0.2, 0) is 23.0 Å². The molecule has 0 radical (unpaired) electrons. The molecule has 0 spiro atoms. The van der Waals surface area contributed by atoms with Gasteiger partial charge in [-0.1, -0.05) is 12.1 Å². The van der Waals surface area contributed by atoms with Crippen molar-refractivity contribution < 1.29 is 17.9 Å². The maximum Gasteiger partial charge on any atom is 0.251 e. The summed E-state index contributed by atoms with van der Waals surface area (Å²) in [4.78, 5) is 12.2. The van der Waals surface area contributed by atoms with Crippen LogP contribution in [0.4, 0.5) is 0 Å². The molecule has 1 amide bonds. The summed E-state index contributed by atoms with van der Waals surface area (Å²) in [6.45, 7) is 0.727. The number of methoxy groups -OCH3 is 1. The van der Waals surface area contributed by atoms with Crippen molar-refractivity contribution in [2.75, 3.05) is 26.0 Å². The van der Waals surface area contributed by atoms with Gasteiger partial charge in [-0.15, -0.1) is 0 Å². The summed E-state index contributed by atoms with van der Waals surface area (Å²) < 4.78 is 31.9. The zero-order valence-electron chi connectivity index (χ0n) is 15.5. The molecule has 0 saturated heterocycles. The predicted octanol–water partition coefficient (Wildman–Crippen LogP) is 1.68. The molecule has 28 heavy (non-hydrogen) atoms. The summed E-state index contributed by atoms with van der Waals surface area (Å²) in [7, 11) is -1.89. The molecule has 0 atom stereocenters. The Kier molecular flexibility index (Phi) is 5.97. The standard InChI is InChI=1S/C20H21N3O4S/c1-27-19-6-5-18-14-23(9-7-16(18)12-19)28(25,26)10-8-22-20(24)17-4-2-3-15(11-17)13-21/h2-6,11-12H,7-10,14H2,1H3,(H,22,24). The van der Waals surface area contributed by atoms with Gasteiger partial charge in [0.2, 0.25) is 10.0 Å². The molecule has 0 bridgehead atoms. The summed E-state index contributed by atoms with van der Waals surface area (Å²) in [6.07, 6.45) is 0.624. The summed E-state index contributed by atoms with van der Waals surface area (Å²) in [5.41, 5.74) is 2.77. The Morgan fingerprint density at radius 3 is 2.82 bits per heavy atom. The summed E-state index contributed by atoms with van der Waals surface area (Å²) in [5.74, 6) is 0.184. The zero-order chi connectivity index (χ0) is 20.1. The molecule has 1 heterocycles. The number of amides is 1. The van der Waals surface area contributed by atoms with Gasteiger partial charge >= 0.3 is 0 Å². The number of nitriles is 1. The van der Waals surface area contributed by atoms with Crippen LogP contribution in [0.3, 0.4) is 0 Å². The lowest BCUT2D eigenvalue weighted by Gasteiger charge is -2.28. The van der Waals surface area contributed by atoms with Gasteiger partial charge in [-0.3, -0.25) is 4.79 Å². The number of sulfonamides is 1. The maximum atomic E-state index is 12.6. The van der Waals surface area contributed by atoms with Gasteiger partial charge in [0.1, 0.15) is 5.75 Å². The average Bonchev–Trinajstić information content (AvgIpc) is 2.72. The Bertz CT molecular complexity index is 1030. The number of rotatable bonds is 6. The van der Waals surface area contributed by atoms with Crippen LogP contribution in [0.1, 0.15) is 27.0 Å². The smallest absolute Gasteiger partial charge is 0.251 e. The Morgan fingerprint density at radius 2 is 2.07 bits per heavy atom. The second-order valence-corrected chi connectivity index (χ2v) is 8.57. The third-order valence-corrected chi connectivity index (χ3v) is 6.50. The molecule has 0 aromatic heterocycles. The number of ether oxygens (including phenoxy) is 1. The average molecular weight is 399 g/mol. The van der Waals surface area contributed by atoms with Crippen molar-refractivity contribution in [3.05, 3.63) is 64.7 Å². The number of nitrogens with one attached hydrogen (secondary N) is 1. The van der Waals surface area contributed by atoms with E-state index in [9.17, 15) is 13.2 Å². The minimum Gasteiger partial charge on any atom is -0.497 e. The quantitative estimate of drug-likeness (QED) is 0.797. The fraction of sp³-hybridized carbons (Fsp3) is 0.300. The molecule has 0 unspecified atom stereocenters. The Hall–Kier alpha value is -2.89. The van der Waals surface area contributed by atoms with Gasteiger partial charge in [0.05, 0.1) is 24.5 Å². The molecule has 3 rings (SSSR count). The molecule has 1 aliphatic rings. The first-order valence-corrected chi connectivity index (χ1v) is 10.5. The summed E-state index contributed by atoms with van der Waals surface area (Å²) in [5, 5.41) is 11.5. The van der Waals surface area contributed by atoms with Crippen LogP contribution < -0.4 is 10.1 Å². The normalized spacial score (nSPS) is 14.0. The highest BCUT2D eigenvalue weighted by Gasteiger charge is 2.26. The number of fused-ring (bicyclic) bond motifs is 1. The van der Waals surface area contributed by atoms with Crippen molar-refractivity contribution >= 4 is 15.9 Å². The zero-order valence-corrected chi connectivity index (χ0v) is 16.3. The van der Waals surface area contributed by atoms with Crippen LogP contribution in [0.2, 0.25) is 0 Å². The number of nitrogens with zero attached hydrogens (tertiary/aromatic N) is 2. The van der Waals surface area contributed by atoms with Gasteiger partial charge in [0.15, 0.2) is 0 Å². The molecular formula is C20H21N3O4S. The lowest BCUT2D eigenvalue weighted by molar-refractivity contribution is 0.0956.